The molecule has 0 bridgehead atoms. The highest BCUT2D eigenvalue weighted by Crippen LogP contribution is 2.26. The van der Waals surface area contributed by atoms with Crippen LogP contribution in [0.2, 0.25) is 0 Å². The Bertz CT molecular complexity index is 1350. The van der Waals surface area contributed by atoms with Crippen LogP contribution in [0.1, 0.15) is 48.8 Å². The van der Waals surface area contributed by atoms with Gasteiger partial charge in [0.05, 0.1) is 0 Å². The third kappa shape index (κ3) is 6.35. The first-order chi connectivity index (χ1) is 16.7. The van der Waals surface area contributed by atoms with Gasteiger partial charge in [0.25, 0.3) is 5.91 Å². The fraction of sp³-hybridized carbons (Fsp3) is 0.241. The largest absolute Gasteiger partial charge is 0.347 e. The van der Waals surface area contributed by atoms with Crippen LogP contribution in [0.15, 0.2) is 78.9 Å². The minimum atomic E-state index is -0.321. The van der Waals surface area contributed by atoms with E-state index in [9.17, 15) is 14.0 Å². The van der Waals surface area contributed by atoms with Crippen molar-refractivity contribution in [1.82, 2.24) is 9.88 Å². The molecule has 4 aromatic rings. The molecule has 6 heteroatoms. The maximum absolute atomic E-state index is 13.8. The van der Waals surface area contributed by atoms with Crippen molar-refractivity contribution in [3.05, 3.63) is 102 Å². The van der Waals surface area contributed by atoms with Gasteiger partial charge in [0.1, 0.15) is 11.5 Å². The first-order valence-electron chi connectivity index (χ1n) is 11.7. The summed E-state index contributed by atoms with van der Waals surface area (Å²) in [6.45, 7) is 6.79. The van der Waals surface area contributed by atoms with Crippen LogP contribution < -0.4 is 10.6 Å². The van der Waals surface area contributed by atoms with Crippen LogP contribution in [0.25, 0.3) is 10.9 Å². The van der Waals surface area contributed by atoms with E-state index in [-0.39, 0.29) is 23.0 Å². The lowest BCUT2D eigenvalue weighted by Gasteiger charge is -2.17. The van der Waals surface area contributed by atoms with Crippen LogP contribution in [-0.2, 0) is 17.9 Å². The molecule has 0 radical (unpaired) electrons. The number of nitrogens with zero attached hydrogens (tertiary/aromatic N) is 1. The van der Waals surface area contributed by atoms with E-state index >= 15 is 0 Å². The summed E-state index contributed by atoms with van der Waals surface area (Å²) in [6, 6.07) is 23.5. The molecule has 1 aromatic heterocycles. The number of anilines is 1. The van der Waals surface area contributed by atoms with Gasteiger partial charge in [-0.05, 0) is 52.9 Å². The first kappa shape index (κ1) is 24.2. The molecule has 0 atom stereocenters. The summed E-state index contributed by atoms with van der Waals surface area (Å²) in [7, 11) is 0. The standard InChI is InChI=1S/C29H30FN3O2/c1-29(2,3)17-27(34)32-24-12-13-25-22(15-24)16-26(28(35)31-18-20-8-5-4-6-9-20)33(25)19-21-10-7-11-23(30)14-21/h4-16H,17-19H2,1-3H3,(H,31,35)(H,32,34). The van der Waals surface area contributed by atoms with Crippen molar-refractivity contribution in [2.24, 2.45) is 5.41 Å². The van der Waals surface area contributed by atoms with Crippen molar-refractivity contribution in [1.29, 1.82) is 0 Å². The maximum atomic E-state index is 13.8. The van der Waals surface area contributed by atoms with Gasteiger partial charge in [0, 0.05) is 36.1 Å². The number of amides is 2. The summed E-state index contributed by atoms with van der Waals surface area (Å²) in [5, 5.41) is 6.76. The molecule has 2 amide bonds. The summed E-state index contributed by atoms with van der Waals surface area (Å²) >= 11 is 0. The van der Waals surface area contributed by atoms with Crippen LogP contribution in [-0.4, -0.2) is 16.4 Å². The third-order valence-corrected chi connectivity index (χ3v) is 5.63. The maximum Gasteiger partial charge on any atom is 0.268 e. The highest BCUT2D eigenvalue weighted by molar-refractivity contribution is 6.00. The van der Waals surface area contributed by atoms with Gasteiger partial charge in [-0.2, -0.15) is 0 Å². The van der Waals surface area contributed by atoms with Crippen LogP contribution in [0.4, 0.5) is 10.1 Å². The van der Waals surface area contributed by atoms with Gasteiger partial charge in [-0.3, -0.25) is 9.59 Å². The molecule has 0 unspecified atom stereocenters. The van der Waals surface area contributed by atoms with Crippen LogP contribution >= 0.6 is 0 Å². The van der Waals surface area contributed by atoms with Crippen LogP contribution in [0.3, 0.4) is 0 Å². The van der Waals surface area contributed by atoms with Crippen molar-refractivity contribution in [2.45, 2.75) is 40.3 Å². The molecule has 4 rings (SSSR count). The number of fused-ring (bicyclic) bond motifs is 1. The number of rotatable bonds is 7. The molecule has 0 spiro atoms. The van der Waals surface area contributed by atoms with Crippen LogP contribution in [0, 0.1) is 11.2 Å². The van der Waals surface area contributed by atoms with E-state index in [1.807, 2.05) is 86.0 Å². The van der Waals surface area contributed by atoms with Crippen molar-refractivity contribution in [3.8, 4) is 0 Å². The van der Waals surface area contributed by atoms with Gasteiger partial charge < -0.3 is 15.2 Å². The molecule has 0 fully saturated rings. The quantitative estimate of drug-likeness (QED) is 0.340. The smallest absolute Gasteiger partial charge is 0.268 e. The number of hydrogen-bond donors (Lipinski definition) is 2. The van der Waals surface area contributed by atoms with E-state index in [2.05, 4.69) is 10.6 Å². The number of carbonyl (C=O) groups excluding carboxylic acids is 2. The average molecular weight is 472 g/mol. The Morgan fingerprint density at radius 3 is 2.34 bits per heavy atom. The van der Waals surface area contributed by atoms with E-state index in [4.69, 9.17) is 0 Å². The lowest BCUT2D eigenvalue weighted by atomic mass is 9.92. The van der Waals surface area contributed by atoms with Gasteiger partial charge in [-0.15, -0.1) is 0 Å². The fourth-order valence-corrected chi connectivity index (χ4v) is 4.08. The first-order valence-corrected chi connectivity index (χ1v) is 11.7. The normalized spacial score (nSPS) is 11.4. The number of benzene rings is 3. The van der Waals surface area contributed by atoms with Gasteiger partial charge in [0.15, 0.2) is 0 Å². The Morgan fingerprint density at radius 1 is 0.886 bits per heavy atom. The second-order valence-corrected chi connectivity index (χ2v) is 9.97. The van der Waals surface area contributed by atoms with Gasteiger partial charge >= 0.3 is 0 Å². The van der Waals surface area contributed by atoms with Gasteiger partial charge in [-0.1, -0.05) is 63.2 Å². The Balaban J connectivity index is 1.65. The van der Waals surface area contributed by atoms with Crippen molar-refractivity contribution >= 4 is 28.4 Å². The van der Waals surface area contributed by atoms with Crippen molar-refractivity contribution < 1.29 is 14.0 Å². The number of aromatic nitrogens is 1. The van der Waals surface area contributed by atoms with Gasteiger partial charge in [-0.25, -0.2) is 4.39 Å². The van der Waals surface area contributed by atoms with E-state index in [0.717, 1.165) is 22.0 Å². The summed E-state index contributed by atoms with van der Waals surface area (Å²) in [6.07, 6.45) is 0.402. The van der Waals surface area contributed by atoms with E-state index in [1.54, 1.807) is 6.07 Å². The Hall–Kier alpha value is -3.93. The Kier molecular flexibility index (Phi) is 7.01. The number of halogens is 1. The second kappa shape index (κ2) is 10.1. The molecule has 5 nitrogen and oxygen atoms in total. The minimum absolute atomic E-state index is 0.0585. The number of hydrogen-bond acceptors (Lipinski definition) is 2. The van der Waals surface area contributed by atoms with E-state index < -0.39 is 0 Å². The predicted octanol–water partition coefficient (Wildman–Crippen LogP) is 6.13. The molecular weight excluding hydrogens is 441 g/mol. The highest BCUT2D eigenvalue weighted by atomic mass is 19.1. The van der Waals surface area contributed by atoms with Crippen molar-refractivity contribution in [2.75, 3.05) is 5.32 Å². The average Bonchev–Trinajstić information content (AvgIpc) is 3.14. The molecule has 0 saturated carbocycles. The van der Waals surface area contributed by atoms with E-state index in [1.165, 1.54) is 12.1 Å². The number of nitrogens with one attached hydrogen (secondary N) is 2. The molecule has 0 aliphatic carbocycles. The zero-order valence-electron chi connectivity index (χ0n) is 20.3. The molecule has 0 saturated heterocycles. The molecule has 35 heavy (non-hydrogen) atoms. The van der Waals surface area contributed by atoms with Gasteiger partial charge in [0.2, 0.25) is 5.91 Å². The van der Waals surface area contributed by atoms with Crippen LogP contribution in [0.5, 0.6) is 0 Å². The van der Waals surface area contributed by atoms with E-state index in [0.29, 0.717) is 30.9 Å². The third-order valence-electron chi connectivity index (χ3n) is 5.63. The monoisotopic (exact) mass is 471 g/mol. The summed E-state index contributed by atoms with van der Waals surface area (Å²) < 4.78 is 15.7. The number of carbonyl (C=O) groups is 2. The molecular formula is C29H30FN3O2. The SMILES string of the molecule is CC(C)(C)CC(=O)Nc1ccc2c(c1)cc(C(=O)NCc1ccccc1)n2Cc1cccc(F)c1. The molecule has 2 N–H and O–H groups in total. The zero-order valence-corrected chi connectivity index (χ0v) is 20.3. The lowest BCUT2D eigenvalue weighted by molar-refractivity contribution is -0.117. The summed E-state index contributed by atoms with van der Waals surface area (Å²) in [5.74, 6) is -0.602. The summed E-state index contributed by atoms with van der Waals surface area (Å²) in [4.78, 5) is 25.6. The Morgan fingerprint density at radius 2 is 1.63 bits per heavy atom. The summed E-state index contributed by atoms with van der Waals surface area (Å²) in [5.41, 5.74) is 3.60. The Labute approximate surface area is 205 Å². The zero-order chi connectivity index (χ0) is 25.0. The minimum Gasteiger partial charge on any atom is -0.347 e. The molecule has 3 aromatic carbocycles. The van der Waals surface area contributed by atoms with Crippen molar-refractivity contribution in [3.63, 3.8) is 0 Å². The topological polar surface area (TPSA) is 63.1 Å². The molecule has 0 aliphatic rings. The molecule has 0 aliphatic heterocycles. The fourth-order valence-electron chi connectivity index (χ4n) is 4.08. The lowest BCUT2D eigenvalue weighted by Crippen LogP contribution is -2.25. The second-order valence-electron chi connectivity index (χ2n) is 9.97. The molecule has 1 heterocycles. The highest BCUT2D eigenvalue weighted by Gasteiger charge is 2.19. The molecule has 180 valence electrons. The predicted molar refractivity (Wildman–Crippen MR) is 138 cm³/mol.